The Morgan fingerprint density at radius 2 is 1.83 bits per heavy atom. The maximum Gasteiger partial charge on any atom is 0.368 e. The number of rotatable bonds is 5. The SMILES string of the molecule is Cc1cc(-c2cnccn2)c(C)cc1OCc1c(C)cccc1-n1nnn(C)c1=O. The van der Waals surface area contributed by atoms with Crippen molar-refractivity contribution in [3.63, 3.8) is 0 Å². The summed E-state index contributed by atoms with van der Waals surface area (Å²) in [4.78, 5) is 20.9. The first kappa shape index (κ1) is 19.5. The van der Waals surface area contributed by atoms with Gasteiger partial charge in [0.1, 0.15) is 12.4 Å². The molecular formula is C22H22N6O2. The van der Waals surface area contributed by atoms with E-state index in [1.165, 1.54) is 9.36 Å². The summed E-state index contributed by atoms with van der Waals surface area (Å²) < 4.78 is 8.67. The monoisotopic (exact) mass is 402 g/mol. The summed E-state index contributed by atoms with van der Waals surface area (Å²) in [7, 11) is 1.57. The molecule has 0 N–H and O–H groups in total. The fourth-order valence-electron chi connectivity index (χ4n) is 3.35. The quantitative estimate of drug-likeness (QED) is 0.510. The standard InChI is InChI=1S/C22H22N6O2/c1-14-6-5-7-20(28-22(29)27(4)25-26-28)18(14)13-30-21-11-15(2)17(10-16(21)3)19-12-23-8-9-24-19/h5-12H,13H2,1-4H3. The third-order valence-electron chi connectivity index (χ3n) is 5.07. The summed E-state index contributed by atoms with van der Waals surface area (Å²) in [6.45, 7) is 6.31. The Bertz CT molecular complexity index is 1260. The number of aromatic nitrogens is 6. The van der Waals surface area contributed by atoms with E-state index in [1.807, 2.05) is 45.0 Å². The first-order valence-corrected chi connectivity index (χ1v) is 9.54. The topological polar surface area (TPSA) is 87.7 Å². The Labute approximate surface area is 173 Å². The predicted octanol–water partition coefficient (Wildman–Crippen LogP) is 2.93. The number of nitrogens with zero attached hydrogens (tertiary/aromatic N) is 6. The molecule has 0 atom stereocenters. The summed E-state index contributed by atoms with van der Waals surface area (Å²) in [5, 5.41) is 7.78. The van der Waals surface area contributed by atoms with Crippen LogP contribution >= 0.6 is 0 Å². The maximum absolute atomic E-state index is 12.3. The summed E-state index contributed by atoms with van der Waals surface area (Å²) in [5.74, 6) is 0.779. The Balaban J connectivity index is 1.66. The minimum Gasteiger partial charge on any atom is -0.489 e. The highest BCUT2D eigenvalue weighted by Gasteiger charge is 2.15. The van der Waals surface area contributed by atoms with Crippen LogP contribution in [0.5, 0.6) is 5.75 Å². The van der Waals surface area contributed by atoms with Crippen molar-refractivity contribution >= 4 is 0 Å². The molecule has 2 heterocycles. The van der Waals surface area contributed by atoms with Gasteiger partial charge in [0, 0.05) is 30.6 Å². The molecule has 4 aromatic rings. The van der Waals surface area contributed by atoms with Crippen LogP contribution in [-0.4, -0.2) is 29.8 Å². The highest BCUT2D eigenvalue weighted by Crippen LogP contribution is 2.30. The Hall–Kier alpha value is -3.81. The van der Waals surface area contributed by atoms with Gasteiger partial charge in [-0.15, -0.1) is 0 Å². The Morgan fingerprint density at radius 3 is 2.53 bits per heavy atom. The molecule has 0 aliphatic rings. The molecule has 0 bridgehead atoms. The molecule has 0 amide bonds. The first-order valence-electron chi connectivity index (χ1n) is 9.54. The van der Waals surface area contributed by atoms with E-state index in [-0.39, 0.29) is 5.69 Å². The lowest BCUT2D eigenvalue weighted by Gasteiger charge is -2.16. The van der Waals surface area contributed by atoms with Gasteiger partial charge in [0.05, 0.1) is 17.6 Å². The second-order valence-electron chi connectivity index (χ2n) is 7.18. The predicted molar refractivity (Wildman–Crippen MR) is 113 cm³/mol. The average molecular weight is 402 g/mol. The van der Waals surface area contributed by atoms with Gasteiger partial charge in [0.15, 0.2) is 0 Å². The van der Waals surface area contributed by atoms with E-state index in [9.17, 15) is 4.79 Å². The van der Waals surface area contributed by atoms with Crippen LogP contribution in [0.25, 0.3) is 16.9 Å². The van der Waals surface area contributed by atoms with Crippen LogP contribution in [0.4, 0.5) is 0 Å². The molecule has 0 saturated carbocycles. The van der Waals surface area contributed by atoms with Crippen LogP contribution < -0.4 is 10.4 Å². The van der Waals surface area contributed by atoms with E-state index in [2.05, 4.69) is 26.5 Å². The van der Waals surface area contributed by atoms with Crippen LogP contribution in [0.2, 0.25) is 0 Å². The van der Waals surface area contributed by atoms with Crippen molar-refractivity contribution < 1.29 is 4.74 Å². The van der Waals surface area contributed by atoms with Crippen molar-refractivity contribution in [1.82, 2.24) is 29.8 Å². The van der Waals surface area contributed by atoms with Gasteiger partial charge in [0.2, 0.25) is 0 Å². The molecule has 8 nitrogen and oxygen atoms in total. The highest BCUT2D eigenvalue weighted by molar-refractivity contribution is 5.65. The van der Waals surface area contributed by atoms with Gasteiger partial charge >= 0.3 is 5.69 Å². The average Bonchev–Trinajstić information content (AvgIpc) is 3.08. The van der Waals surface area contributed by atoms with Crippen molar-refractivity contribution in [1.29, 1.82) is 0 Å². The molecule has 0 unspecified atom stereocenters. The van der Waals surface area contributed by atoms with E-state index in [4.69, 9.17) is 4.74 Å². The number of hydrogen-bond donors (Lipinski definition) is 0. The summed E-state index contributed by atoms with van der Waals surface area (Å²) in [5.41, 5.74) is 6.15. The highest BCUT2D eigenvalue weighted by atomic mass is 16.5. The number of tetrazole rings is 1. The molecule has 0 fully saturated rings. The lowest BCUT2D eigenvalue weighted by molar-refractivity contribution is 0.302. The van der Waals surface area contributed by atoms with Gasteiger partial charge in [0.25, 0.3) is 0 Å². The van der Waals surface area contributed by atoms with Crippen molar-refractivity contribution in [3.8, 4) is 22.7 Å². The molecule has 2 aromatic heterocycles. The summed E-state index contributed by atoms with van der Waals surface area (Å²) >= 11 is 0. The summed E-state index contributed by atoms with van der Waals surface area (Å²) in [6.07, 6.45) is 5.09. The maximum atomic E-state index is 12.3. The van der Waals surface area contributed by atoms with Crippen molar-refractivity contribution in [2.75, 3.05) is 0 Å². The minimum absolute atomic E-state index is 0.301. The number of ether oxygens (including phenoxy) is 1. The lowest BCUT2D eigenvalue weighted by Crippen LogP contribution is -2.23. The number of benzene rings is 2. The normalized spacial score (nSPS) is 10.9. The van der Waals surface area contributed by atoms with Crippen LogP contribution in [0, 0.1) is 20.8 Å². The molecule has 2 aromatic carbocycles. The van der Waals surface area contributed by atoms with E-state index < -0.39 is 0 Å². The third-order valence-corrected chi connectivity index (χ3v) is 5.07. The fourth-order valence-corrected chi connectivity index (χ4v) is 3.35. The molecule has 0 spiro atoms. The second-order valence-corrected chi connectivity index (χ2v) is 7.18. The van der Waals surface area contributed by atoms with Gasteiger partial charge < -0.3 is 4.74 Å². The van der Waals surface area contributed by atoms with Gasteiger partial charge in [-0.25, -0.2) is 4.79 Å². The van der Waals surface area contributed by atoms with E-state index >= 15 is 0 Å². The number of hydrogen-bond acceptors (Lipinski definition) is 6. The van der Waals surface area contributed by atoms with Crippen molar-refractivity contribution in [3.05, 3.63) is 81.7 Å². The molecular weight excluding hydrogens is 380 g/mol. The second kappa shape index (κ2) is 7.90. The van der Waals surface area contributed by atoms with E-state index in [0.717, 1.165) is 39.3 Å². The van der Waals surface area contributed by atoms with Crippen LogP contribution in [0.3, 0.4) is 0 Å². The zero-order valence-corrected chi connectivity index (χ0v) is 17.3. The molecule has 0 aliphatic heterocycles. The first-order chi connectivity index (χ1) is 14.5. The molecule has 0 saturated heterocycles. The van der Waals surface area contributed by atoms with Gasteiger partial charge in [-0.2, -0.15) is 9.36 Å². The lowest BCUT2D eigenvalue weighted by atomic mass is 10.0. The summed E-state index contributed by atoms with van der Waals surface area (Å²) in [6, 6.07) is 9.78. The van der Waals surface area contributed by atoms with Crippen molar-refractivity contribution in [2.24, 2.45) is 7.05 Å². The number of aryl methyl sites for hydroxylation is 4. The van der Waals surface area contributed by atoms with Crippen LogP contribution in [0.15, 0.2) is 53.7 Å². The van der Waals surface area contributed by atoms with Gasteiger partial charge in [-0.05, 0) is 66.1 Å². The minimum atomic E-state index is -0.304. The molecule has 0 radical (unpaired) electrons. The van der Waals surface area contributed by atoms with E-state index in [1.54, 1.807) is 25.6 Å². The molecule has 0 aliphatic carbocycles. The largest absolute Gasteiger partial charge is 0.489 e. The molecule has 4 rings (SSSR count). The Morgan fingerprint density at radius 1 is 1.00 bits per heavy atom. The molecule has 152 valence electrons. The fraction of sp³-hybridized carbons (Fsp3) is 0.227. The van der Waals surface area contributed by atoms with Crippen LogP contribution in [0.1, 0.15) is 22.3 Å². The zero-order valence-electron chi connectivity index (χ0n) is 17.3. The molecule has 8 heteroatoms. The molecule has 30 heavy (non-hydrogen) atoms. The van der Waals surface area contributed by atoms with Crippen molar-refractivity contribution in [2.45, 2.75) is 27.4 Å². The smallest absolute Gasteiger partial charge is 0.368 e. The van der Waals surface area contributed by atoms with E-state index in [0.29, 0.717) is 12.3 Å². The van der Waals surface area contributed by atoms with Crippen LogP contribution in [-0.2, 0) is 13.7 Å². The third kappa shape index (κ3) is 3.59. The zero-order chi connectivity index (χ0) is 21.3. The van der Waals surface area contributed by atoms with Gasteiger partial charge in [-0.1, -0.05) is 12.1 Å². The Kier molecular flexibility index (Phi) is 5.14. The van der Waals surface area contributed by atoms with Gasteiger partial charge in [-0.3, -0.25) is 9.97 Å².